The van der Waals surface area contributed by atoms with Gasteiger partial charge in [0.1, 0.15) is 0 Å². The molecule has 0 spiro atoms. The molecule has 106 valence electrons. The highest BCUT2D eigenvalue weighted by Gasteiger charge is 2.26. The fourth-order valence-electron chi connectivity index (χ4n) is 1.75. The Morgan fingerprint density at radius 2 is 1.35 bits per heavy atom. The van der Waals surface area contributed by atoms with Crippen molar-refractivity contribution in [1.29, 1.82) is 0 Å². The normalized spacial score (nSPS) is 11.6. The Kier molecular flexibility index (Phi) is 4.76. The molecule has 0 unspecified atom stereocenters. The van der Waals surface area contributed by atoms with Crippen LogP contribution in [0.25, 0.3) is 0 Å². The van der Waals surface area contributed by atoms with Crippen LogP contribution in [0.3, 0.4) is 0 Å². The zero-order valence-electron chi connectivity index (χ0n) is 11.1. The first-order chi connectivity index (χ1) is 9.42. The molecule has 0 aliphatic rings. The summed E-state index contributed by atoms with van der Waals surface area (Å²) in [5, 5.41) is 0. The molecular formula is C16H15F3S. The van der Waals surface area contributed by atoms with E-state index in [4.69, 9.17) is 0 Å². The summed E-state index contributed by atoms with van der Waals surface area (Å²) in [5.41, 5.74) is 1.92. The molecule has 0 nitrogen and oxygen atoms in total. The summed E-state index contributed by atoms with van der Waals surface area (Å²) in [7, 11) is 0. The van der Waals surface area contributed by atoms with E-state index in [-0.39, 0.29) is 6.42 Å². The number of hydrogen-bond donors (Lipinski definition) is 0. The Morgan fingerprint density at radius 1 is 0.850 bits per heavy atom. The average Bonchev–Trinajstić information content (AvgIpc) is 2.40. The summed E-state index contributed by atoms with van der Waals surface area (Å²) in [6.07, 6.45) is -4.81. The zero-order chi connectivity index (χ0) is 14.6. The molecule has 0 fully saturated rings. The van der Waals surface area contributed by atoms with Crippen molar-refractivity contribution in [2.45, 2.75) is 35.7 Å². The summed E-state index contributed by atoms with van der Waals surface area (Å²) in [6.45, 7) is 2.03. The van der Waals surface area contributed by atoms with Crippen LogP contribution in [0.15, 0.2) is 58.3 Å². The van der Waals surface area contributed by atoms with Crippen molar-refractivity contribution in [2.75, 3.05) is 0 Å². The molecule has 4 heteroatoms. The van der Waals surface area contributed by atoms with Crippen LogP contribution in [-0.2, 0) is 6.42 Å². The first-order valence-corrected chi connectivity index (χ1v) is 7.14. The van der Waals surface area contributed by atoms with Gasteiger partial charge in [0.15, 0.2) is 0 Å². The monoisotopic (exact) mass is 296 g/mol. The molecule has 0 saturated carbocycles. The van der Waals surface area contributed by atoms with Crippen LogP contribution in [0.1, 0.15) is 17.5 Å². The van der Waals surface area contributed by atoms with Gasteiger partial charge in [-0.05, 0) is 43.2 Å². The second-order valence-electron chi connectivity index (χ2n) is 4.67. The molecule has 0 N–H and O–H groups in total. The van der Waals surface area contributed by atoms with Gasteiger partial charge in [0.05, 0.1) is 0 Å². The van der Waals surface area contributed by atoms with Gasteiger partial charge in [-0.1, -0.05) is 41.6 Å². The molecule has 0 heterocycles. The number of rotatable bonds is 4. The van der Waals surface area contributed by atoms with Crippen molar-refractivity contribution in [3.8, 4) is 0 Å². The summed E-state index contributed by atoms with van der Waals surface area (Å²) < 4.78 is 36.4. The number of alkyl halides is 3. The van der Waals surface area contributed by atoms with Crippen molar-refractivity contribution < 1.29 is 13.2 Å². The highest BCUT2D eigenvalue weighted by Crippen LogP contribution is 2.28. The minimum Gasteiger partial charge on any atom is -0.171 e. The minimum atomic E-state index is -4.09. The van der Waals surface area contributed by atoms with E-state index in [0.717, 1.165) is 15.4 Å². The van der Waals surface area contributed by atoms with Crippen LogP contribution in [0.4, 0.5) is 13.2 Å². The van der Waals surface area contributed by atoms with E-state index < -0.39 is 12.6 Å². The van der Waals surface area contributed by atoms with Crippen molar-refractivity contribution in [2.24, 2.45) is 0 Å². The molecular weight excluding hydrogens is 281 g/mol. The van der Waals surface area contributed by atoms with Crippen molar-refractivity contribution in [1.82, 2.24) is 0 Å². The topological polar surface area (TPSA) is 0 Å². The Balaban J connectivity index is 1.96. The number of hydrogen-bond acceptors (Lipinski definition) is 1. The molecule has 0 bridgehead atoms. The first kappa shape index (κ1) is 15.0. The van der Waals surface area contributed by atoms with Crippen molar-refractivity contribution >= 4 is 11.8 Å². The highest BCUT2D eigenvalue weighted by atomic mass is 32.2. The minimum absolute atomic E-state index is 0.0407. The molecule has 0 amide bonds. The number of halogens is 3. The smallest absolute Gasteiger partial charge is 0.171 e. The van der Waals surface area contributed by atoms with E-state index in [1.165, 1.54) is 5.56 Å². The molecule has 20 heavy (non-hydrogen) atoms. The summed E-state index contributed by atoms with van der Waals surface area (Å²) in [5.74, 6) is 0. The van der Waals surface area contributed by atoms with Gasteiger partial charge < -0.3 is 0 Å². The Bertz CT molecular complexity index is 541. The largest absolute Gasteiger partial charge is 0.389 e. The van der Waals surface area contributed by atoms with E-state index in [9.17, 15) is 13.2 Å². The Hall–Kier alpha value is -1.42. The quantitative estimate of drug-likeness (QED) is 0.703. The molecule has 0 atom stereocenters. The maximum atomic E-state index is 12.1. The van der Waals surface area contributed by atoms with Crippen LogP contribution in [-0.4, -0.2) is 6.18 Å². The molecule has 0 radical (unpaired) electrons. The third kappa shape index (κ3) is 4.93. The summed E-state index contributed by atoms with van der Waals surface area (Å²) in [4.78, 5) is 2.16. The van der Waals surface area contributed by atoms with Gasteiger partial charge in [0.2, 0.25) is 0 Å². The second-order valence-corrected chi connectivity index (χ2v) is 5.82. The lowest BCUT2D eigenvalue weighted by Gasteiger charge is -2.07. The predicted molar refractivity (Wildman–Crippen MR) is 76.1 cm³/mol. The molecule has 2 aromatic rings. The lowest BCUT2D eigenvalue weighted by molar-refractivity contribution is -0.133. The molecule has 2 rings (SSSR count). The molecule has 0 aromatic heterocycles. The third-order valence-corrected chi connectivity index (χ3v) is 3.89. The van der Waals surface area contributed by atoms with E-state index in [1.54, 1.807) is 23.9 Å². The second kappa shape index (κ2) is 6.35. The summed E-state index contributed by atoms with van der Waals surface area (Å²) >= 11 is 1.61. The third-order valence-electron chi connectivity index (χ3n) is 2.88. The van der Waals surface area contributed by atoms with Gasteiger partial charge in [-0.15, -0.1) is 0 Å². The highest BCUT2D eigenvalue weighted by molar-refractivity contribution is 7.99. The molecule has 2 aromatic carbocycles. The van der Waals surface area contributed by atoms with Gasteiger partial charge >= 0.3 is 6.18 Å². The van der Waals surface area contributed by atoms with Gasteiger partial charge in [-0.2, -0.15) is 13.2 Å². The molecule has 0 aliphatic carbocycles. The standard InChI is InChI=1S/C16H15F3S/c1-12-2-6-14(7-3-12)20-15-8-4-13(5-9-15)10-11-16(17,18)19/h2-9H,10-11H2,1H3. The van der Waals surface area contributed by atoms with Crippen LogP contribution in [0.5, 0.6) is 0 Å². The van der Waals surface area contributed by atoms with Crippen LogP contribution in [0.2, 0.25) is 0 Å². The first-order valence-electron chi connectivity index (χ1n) is 6.33. The van der Waals surface area contributed by atoms with Crippen LogP contribution < -0.4 is 0 Å². The summed E-state index contributed by atoms with van der Waals surface area (Å²) in [6, 6.07) is 15.4. The van der Waals surface area contributed by atoms with E-state index in [1.807, 2.05) is 43.3 Å². The zero-order valence-corrected chi connectivity index (χ0v) is 11.9. The number of benzene rings is 2. The fraction of sp³-hybridized carbons (Fsp3) is 0.250. The van der Waals surface area contributed by atoms with Crippen molar-refractivity contribution in [3.05, 3.63) is 59.7 Å². The lowest BCUT2D eigenvalue weighted by Crippen LogP contribution is -2.08. The van der Waals surface area contributed by atoms with Crippen molar-refractivity contribution in [3.63, 3.8) is 0 Å². The van der Waals surface area contributed by atoms with E-state index >= 15 is 0 Å². The van der Waals surface area contributed by atoms with Gasteiger partial charge in [0, 0.05) is 16.2 Å². The Labute approximate surface area is 121 Å². The average molecular weight is 296 g/mol. The fourth-order valence-corrected chi connectivity index (χ4v) is 2.57. The van der Waals surface area contributed by atoms with Gasteiger partial charge in [-0.25, -0.2) is 0 Å². The van der Waals surface area contributed by atoms with Gasteiger partial charge in [-0.3, -0.25) is 0 Å². The maximum absolute atomic E-state index is 12.1. The number of aryl methyl sites for hydroxylation is 2. The van der Waals surface area contributed by atoms with E-state index in [0.29, 0.717) is 0 Å². The van der Waals surface area contributed by atoms with Crippen LogP contribution in [0, 0.1) is 6.92 Å². The lowest BCUT2D eigenvalue weighted by atomic mass is 10.1. The van der Waals surface area contributed by atoms with Crippen LogP contribution >= 0.6 is 11.8 Å². The molecule has 0 saturated heterocycles. The SMILES string of the molecule is Cc1ccc(Sc2ccc(CCC(F)(F)F)cc2)cc1. The molecule has 0 aliphatic heterocycles. The van der Waals surface area contributed by atoms with Gasteiger partial charge in [0.25, 0.3) is 0 Å². The Morgan fingerprint density at radius 3 is 1.85 bits per heavy atom. The van der Waals surface area contributed by atoms with E-state index in [2.05, 4.69) is 0 Å². The predicted octanol–water partition coefficient (Wildman–Crippen LogP) is 5.64. The maximum Gasteiger partial charge on any atom is 0.389 e.